The van der Waals surface area contributed by atoms with Crippen molar-refractivity contribution in [3.05, 3.63) is 0 Å². The molecule has 1 aromatic heterocycles. The predicted molar refractivity (Wildman–Crippen MR) is 88.1 cm³/mol. The summed E-state index contributed by atoms with van der Waals surface area (Å²) in [6, 6.07) is 0.477. The molecule has 1 fully saturated rings. The van der Waals surface area contributed by atoms with Gasteiger partial charge < -0.3 is 15.1 Å². The predicted octanol–water partition coefficient (Wildman–Crippen LogP) is 2.38. The molecule has 0 aromatic carbocycles. The molecule has 6 heteroatoms. The topological polar surface area (TPSA) is 57.2 Å². The highest BCUT2D eigenvalue weighted by atomic mass is 15.4. The quantitative estimate of drug-likeness (QED) is 0.899. The largest absolute Gasteiger partial charge is 0.354 e. The van der Waals surface area contributed by atoms with E-state index >= 15 is 0 Å². The molecular weight excluding hydrogens is 264 g/mol. The van der Waals surface area contributed by atoms with E-state index in [-0.39, 0.29) is 0 Å². The van der Waals surface area contributed by atoms with Crippen LogP contribution in [0.4, 0.5) is 17.8 Å². The molecule has 0 amide bonds. The van der Waals surface area contributed by atoms with Crippen molar-refractivity contribution in [2.45, 2.75) is 46.1 Å². The Bertz CT molecular complexity index is 461. The van der Waals surface area contributed by atoms with Gasteiger partial charge in [-0.15, -0.1) is 0 Å². The van der Waals surface area contributed by atoms with Gasteiger partial charge in [0.2, 0.25) is 17.8 Å². The zero-order valence-corrected chi connectivity index (χ0v) is 13.9. The number of aromatic nitrogens is 3. The second-order valence-corrected chi connectivity index (χ2v) is 6.25. The van der Waals surface area contributed by atoms with Crippen molar-refractivity contribution in [1.29, 1.82) is 0 Å². The van der Waals surface area contributed by atoms with Gasteiger partial charge in [-0.3, -0.25) is 0 Å². The number of anilines is 3. The van der Waals surface area contributed by atoms with Crippen LogP contribution < -0.4 is 15.1 Å². The number of nitrogens with one attached hydrogen (secondary N) is 1. The van der Waals surface area contributed by atoms with Crippen LogP contribution in [0.25, 0.3) is 0 Å². The van der Waals surface area contributed by atoms with Crippen LogP contribution in [0.15, 0.2) is 0 Å². The van der Waals surface area contributed by atoms with Gasteiger partial charge in [-0.25, -0.2) is 0 Å². The number of nitrogens with zero attached hydrogens (tertiary/aromatic N) is 5. The zero-order chi connectivity index (χ0) is 15.4. The first-order chi connectivity index (χ1) is 10.0. The van der Waals surface area contributed by atoms with Crippen LogP contribution in [0.5, 0.6) is 0 Å². The van der Waals surface area contributed by atoms with E-state index in [1.54, 1.807) is 0 Å². The Hall–Kier alpha value is -1.59. The van der Waals surface area contributed by atoms with Crippen LogP contribution in [-0.4, -0.2) is 48.2 Å². The van der Waals surface area contributed by atoms with Crippen LogP contribution in [0.2, 0.25) is 0 Å². The van der Waals surface area contributed by atoms with E-state index in [0.29, 0.717) is 17.9 Å². The Morgan fingerprint density at radius 2 is 2.00 bits per heavy atom. The lowest BCUT2D eigenvalue weighted by atomic mass is 9.94. The van der Waals surface area contributed by atoms with Crippen molar-refractivity contribution < 1.29 is 0 Å². The van der Waals surface area contributed by atoms with Gasteiger partial charge in [-0.05, 0) is 32.1 Å². The molecule has 2 heterocycles. The van der Waals surface area contributed by atoms with Crippen molar-refractivity contribution in [3.63, 3.8) is 0 Å². The van der Waals surface area contributed by atoms with Crippen molar-refractivity contribution in [2.24, 2.45) is 5.92 Å². The Labute approximate surface area is 128 Å². The van der Waals surface area contributed by atoms with Gasteiger partial charge in [0.15, 0.2) is 0 Å². The summed E-state index contributed by atoms with van der Waals surface area (Å²) in [5.41, 5.74) is 0. The molecule has 1 saturated heterocycles. The molecule has 0 bridgehead atoms. The van der Waals surface area contributed by atoms with Crippen molar-refractivity contribution in [3.8, 4) is 0 Å². The third-order valence-electron chi connectivity index (χ3n) is 3.94. The summed E-state index contributed by atoms with van der Waals surface area (Å²) in [7, 11) is 3.93. The summed E-state index contributed by atoms with van der Waals surface area (Å²) in [6.07, 6.45) is 3.45. The van der Waals surface area contributed by atoms with Crippen LogP contribution >= 0.6 is 0 Å². The monoisotopic (exact) mass is 292 g/mol. The zero-order valence-electron chi connectivity index (χ0n) is 13.9. The summed E-state index contributed by atoms with van der Waals surface area (Å²) >= 11 is 0. The third kappa shape index (κ3) is 3.95. The third-order valence-corrected chi connectivity index (χ3v) is 3.94. The van der Waals surface area contributed by atoms with Crippen LogP contribution in [0.1, 0.15) is 40.0 Å². The fourth-order valence-electron chi connectivity index (χ4n) is 2.70. The standard InChI is InChI=1S/C15H28N6/c1-6-8-16-13-17-14(20(4)5)19-15(18-13)21-9-7-11(2)10-12(21)3/h11-12H,6-10H2,1-5H3,(H,16,17,18,19). The molecule has 118 valence electrons. The normalized spacial score (nSPS) is 22.2. The minimum absolute atomic E-state index is 0.477. The highest BCUT2D eigenvalue weighted by Gasteiger charge is 2.25. The van der Waals surface area contributed by atoms with E-state index in [1.165, 1.54) is 12.8 Å². The van der Waals surface area contributed by atoms with Gasteiger partial charge in [0.1, 0.15) is 0 Å². The second-order valence-electron chi connectivity index (χ2n) is 6.25. The average Bonchev–Trinajstić information content (AvgIpc) is 2.44. The fraction of sp³-hybridized carbons (Fsp3) is 0.800. The lowest BCUT2D eigenvalue weighted by Crippen LogP contribution is -2.41. The number of piperidine rings is 1. The molecule has 0 saturated carbocycles. The highest BCUT2D eigenvalue weighted by Crippen LogP contribution is 2.26. The van der Waals surface area contributed by atoms with Crippen molar-refractivity contribution in [2.75, 3.05) is 42.3 Å². The lowest BCUT2D eigenvalue weighted by molar-refractivity contribution is 0.374. The molecule has 1 aliphatic heterocycles. The van der Waals surface area contributed by atoms with Crippen LogP contribution in [0, 0.1) is 5.92 Å². The number of hydrogen-bond donors (Lipinski definition) is 1. The second kappa shape index (κ2) is 6.91. The number of hydrogen-bond acceptors (Lipinski definition) is 6. The van der Waals surface area contributed by atoms with E-state index in [1.807, 2.05) is 19.0 Å². The Kier molecular flexibility index (Phi) is 5.20. The van der Waals surface area contributed by atoms with E-state index in [9.17, 15) is 0 Å². The first kappa shape index (κ1) is 15.8. The van der Waals surface area contributed by atoms with E-state index < -0.39 is 0 Å². The lowest BCUT2D eigenvalue weighted by Gasteiger charge is -2.36. The van der Waals surface area contributed by atoms with Crippen LogP contribution in [-0.2, 0) is 0 Å². The SMILES string of the molecule is CCCNc1nc(N(C)C)nc(N2CCC(C)CC2C)n1. The first-order valence-electron chi connectivity index (χ1n) is 7.95. The highest BCUT2D eigenvalue weighted by molar-refractivity contribution is 5.45. The average molecular weight is 292 g/mol. The van der Waals surface area contributed by atoms with Crippen molar-refractivity contribution >= 4 is 17.8 Å². The number of rotatable bonds is 5. The van der Waals surface area contributed by atoms with E-state index in [4.69, 9.17) is 0 Å². The Morgan fingerprint density at radius 1 is 1.24 bits per heavy atom. The molecule has 1 aliphatic rings. The summed E-state index contributed by atoms with van der Waals surface area (Å²) in [5.74, 6) is 2.97. The Balaban J connectivity index is 2.26. The molecule has 2 unspecified atom stereocenters. The van der Waals surface area contributed by atoms with Crippen molar-refractivity contribution in [1.82, 2.24) is 15.0 Å². The van der Waals surface area contributed by atoms with Gasteiger partial charge in [0, 0.05) is 33.2 Å². The summed E-state index contributed by atoms with van der Waals surface area (Å²) in [5, 5.41) is 3.28. The Morgan fingerprint density at radius 3 is 2.62 bits per heavy atom. The first-order valence-corrected chi connectivity index (χ1v) is 7.95. The van der Waals surface area contributed by atoms with Gasteiger partial charge in [0.05, 0.1) is 0 Å². The van der Waals surface area contributed by atoms with E-state index in [0.717, 1.165) is 31.4 Å². The minimum atomic E-state index is 0.477. The molecule has 0 aliphatic carbocycles. The summed E-state index contributed by atoms with van der Waals surface area (Å²) < 4.78 is 0. The van der Waals surface area contributed by atoms with Crippen LogP contribution in [0.3, 0.4) is 0 Å². The maximum absolute atomic E-state index is 4.63. The molecular formula is C15H28N6. The molecule has 0 radical (unpaired) electrons. The smallest absolute Gasteiger partial charge is 0.232 e. The summed E-state index contributed by atoms with van der Waals surface area (Å²) in [6.45, 7) is 8.61. The molecule has 1 N–H and O–H groups in total. The maximum Gasteiger partial charge on any atom is 0.232 e. The maximum atomic E-state index is 4.63. The van der Waals surface area contributed by atoms with Gasteiger partial charge in [-0.2, -0.15) is 15.0 Å². The fourth-order valence-corrected chi connectivity index (χ4v) is 2.70. The molecule has 2 atom stereocenters. The molecule has 6 nitrogen and oxygen atoms in total. The summed E-state index contributed by atoms with van der Waals surface area (Å²) in [4.78, 5) is 18.0. The van der Waals surface area contributed by atoms with Gasteiger partial charge in [0.25, 0.3) is 0 Å². The molecule has 2 rings (SSSR count). The van der Waals surface area contributed by atoms with Gasteiger partial charge >= 0.3 is 0 Å². The van der Waals surface area contributed by atoms with Gasteiger partial charge in [-0.1, -0.05) is 13.8 Å². The van der Waals surface area contributed by atoms with E-state index in [2.05, 4.69) is 45.9 Å². The molecule has 0 spiro atoms. The minimum Gasteiger partial charge on any atom is -0.354 e. The molecule has 1 aromatic rings. The molecule has 21 heavy (non-hydrogen) atoms.